The number of Topliss-reactive ketones (excluding diaryl/α,β-unsaturated/α-hetero) is 1. The first-order chi connectivity index (χ1) is 6.15. The highest BCUT2D eigenvalue weighted by atomic mass is 19.3. The second-order valence-electron chi connectivity index (χ2n) is 3.96. The zero-order valence-electron chi connectivity index (χ0n) is 8.64. The van der Waals surface area contributed by atoms with Crippen molar-refractivity contribution in [3.63, 3.8) is 0 Å². The normalized spacial score (nSPS) is 13.9. The molecular formula is C9H14F2O3. The number of hydrogen-bond donors (Lipinski definition) is 0. The Bertz CT molecular complexity index is 231. The molecule has 0 saturated heterocycles. The van der Waals surface area contributed by atoms with E-state index in [2.05, 4.69) is 4.74 Å². The average molecular weight is 208 g/mol. The Balaban J connectivity index is 4.55. The van der Waals surface area contributed by atoms with Gasteiger partial charge >= 0.3 is 5.97 Å². The molecule has 0 radical (unpaired) electrons. The van der Waals surface area contributed by atoms with Gasteiger partial charge in [0.2, 0.25) is 0 Å². The first kappa shape index (κ1) is 13.0. The molecule has 1 atom stereocenters. The third-order valence-electron chi connectivity index (χ3n) is 1.35. The zero-order valence-corrected chi connectivity index (χ0v) is 8.64. The molecule has 0 aromatic carbocycles. The maximum Gasteiger partial charge on any atom is 0.322 e. The standard InChI is InChI=1S/C9H14F2O3/c1-5(12)6(7(10)11)8(13)14-9(2,3)4/h6-7H,1-4H3. The molecule has 0 aliphatic carbocycles. The fourth-order valence-corrected chi connectivity index (χ4v) is 0.812. The van der Waals surface area contributed by atoms with E-state index in [0.29, 0.717) is 0 Å². The largest absolute Gasteiger partial charge is 0.459 e. The minimum atomic E-state index is -3.01. The van der Waals surface area contributed by atoms with Gasteiger partial charge in [-0.1, -0.05) is 0 Å². The van der Waals surface area contributed by atoms with Gasteiger partial charge in [-0.05, 0) is 27.7 Å². The van der Waals surface area contributed by atoms with Crippen molar-refractivity contribution in [3.8, 4) is 0 Å². The van der Waals surface area contributed by atoms with Crippen molar-refractivity contribution in [2.45, 2.75) is 39.7 Å². The van der Waals surface area contributed by atoms with E-state index in [1.54, 1.807) is 20.8 Å². The van der Waals surface area contributed by atoms with Crippen molar-refractivity contribution in [2.75, 3.05) is 0 Å². The highest BCUT2D eigenvalue weighted by Gasteiger charge is 2.36. The van der Waals surface area contributed by atoms with Crippen LogP contribution < -0.4 is 0 Å². The minimum Gasteiger partial charge on any atom is -0.459 e. The number of ether oxygens (including phenoxy) is 1. The number of ketones is 1. The van der Waals surface area contributed by atoms with E-state index >= 15 is 0 Å². The summed E-state index contributed by atoms with van der Waals surface area (Å²) in [4.78, 5) is 21.9. The molecule has 0 bridgehead atoms. The van der Waals surface area contributed by atoms with Crippen LogP contribution in [0.1, 0.15) is 27.7 Å². The monoisotopic (exact) mass is 208 g/mol. The van der Waals surface area contributed by atoms with Crippen molar-refractivity contribution in [1.82, 2.24) is 0 Å². The SMILES string of the molecule is CC(=O)C(C(=O)OC(C)(C)C)C(F)F. The van der Waals surface area contributed by atoms with Crippen LogP contribution in [0.2, 0.25) is 0 Å². The van der Waals surface area contributed by atoms with Crippen LogP contribution >= 0.6 is 0 Å². The van der Waals surface area contributed by atoms with Gasteiger partial charge in [-0.3, -0.25) is 9.59 Å². The average Bonchev–Trinajstić information content (AvgIpc) is 1.78. The molecule has 5 heteroatoms. The lowest BCUT2D eigenvalue weighted by atomic mass is 10.1. The molecule has 0 N–H and O–H groups in total. The molecule has 0 amide bonds. The van der Waals surface area contributed by atoms with E-state index in [1.165, 1.54) is 0 Å². The molecule has 0 fully saturated rings. The van der Waals surface area contributed by atoms with Crippen LogP contribution in [0.3, 0.4) is 0 Å². The number of carbonyl (C=O) groups is 2. The van der Waals surface area contributed by atoms with Crippen molar-refractivity contribution in [1.29, 1.82) is 0 Å². The Morgan fingerprint density at radius 1 is 1.21 bits per heavy atom. The van der Waals surface area contributed by atoms with Crippen molar-refractivity contribution in [3.05, 3.63) is 0 Å². The summed E-state index contributed by atoms with van der Waals surface area (Å²) in [6.45, 7) is 5.59. The second-order valence-corrected chi connectivity index (χ2v) is 3.96. The third kappa shape index (κ3) is 4.30. The fourth-order valence-electron chi connectivity index (χ4n) is 0.812. The van der Waals surface area contributed by atoms with E-state index in [0.717, 1.165) is 6.92 Å². The second kappa shape index (κ2) is 4.48. The van der Waals surface area contributed by atoms with Crippen LogP contribution in [0.4, 0.5) is 8.78 Å². The quantitative estimate of drug-likeness (QED) is 0.524. The lowest BCUT2D eigenvalue weighted by molar-refractivity contribution is -0.167. The molecule has 0 spiro atoms. The molecule has 82 valence electrons. The van der Waals surface area contributed by atoms with E-state index < -0.39 is 29.7 Å². The predicted octanol–water partition coefficient (Wildman–Crippen LogP) is 1.80. The summed E-state index contributed by atoms with van der Waals surface area (Å²) in [6, 6.07) is 0. The maximum atomic E-state index is 12.3. The van der Waals surface area contributed by atoms with Crippen molar-refractivity contribution in [2.24, 2.45) is 5.92 Å². The summed E-state index contributed by atoms with van der Waals surface area (Å²) in [5.41, 5.74) is -0.861. The Labute approximate surface area is 81.4 Å². The van der Waals surface area contributed by atoms with Crippen LogP contribution in [0.5, 0.6) is 0 Å². The molecule has 0 aromatic rings. The summed E-state index contributed by atoms with van der Waals surface area (Å²) in [6.07, 6.45) is -3.01. The maximum absolute atomic E-state index is 12.3. The lowest BCUT2D eigenvalue weighted by Crippen LogP contribution is -2.35. The molecule has 3 nitrogen and oxygen atoms in total. The number of halogens is 2. The van der Waals surface area contributed by atoms with Gasteiger partial charge in [0.1, 0.15) is 11.4 Å². The molecule has 0 rings (SSSR count). The number of hydrogen-bond acceptors (Lipinski definition) is 3. The van der Waals surface area contributed by atoms with Gasteiger partial charge in [-0.25, -0.2) is 8.78 Å². The first-order valence-electron chi connectivity index (χ1n) is 4.16. The molecule has 14 heavy (non-hydrogen) atoms. The number of alkyl halides is 2. The third-order valence-corrected chi connectivity index (χ3v) is 1.35. The first-order valence-corrected chi connectivity index (χ1v) is 4.16. The predicted molar refractivity (Wildman–Crippen MR) is 46.0 cm³/mol. The van der Waals surface area contributed by atoms with E-state index in [1.807, 2.05) is 0 Å². The number of rotatable bonds is 3. The molecular weight excluding hydrogens is 194 g/mol. The lowest BCUT2D eigenvalue weighted by Gasteiger charge is -2.22. The van der Waals surface area contributed by atoms with Gasteiger partial charge in [0.05, 0.1) is 0 Å². The van der Waals surface area contributed by atoms with E-state index in [4.69, 9.17) is 0 Å². The summed E-state index contributed by atoms with van der Waals surface area (Å²) in [5.74, 6) is -4.01. The molecule has 0 aliphatic rings. The molecule has 0 aromatic heterocycles. The molecule has 0 heterocycles. The van der Waals surface area contributed by atoms with Crippen LogP contribution in [0.25, 0.3) is 0 Å². The van der Waals surface area contributed by atoms with E-state index in [9.17, 15) is 18.4 Å². The molecule has 0 saturated carbocycles. The van der Waals surface area contributed by atoms with Gasteiger partial charge in [0, 0.05) is 0 Å². The van der Waals surface area contributed by atoms with Crippen molar-refractivity contribution >= 4 is 11.8 Å². The minimum absolute atomic E-state index is 0.861. The van der Waals surface area contributed by atoms with Gasteiger partial charge in [-0.2, -0.15) is 0 Å². The van der Waals surface area contributed by atoms with Crippen LogP contribution in [0.15, 0.2) is 0 Å². The van der Waals surface area contributed by atoms with Gasteiger partial charge < -0.3 is 4.74 Å². The summed E-state index contributed by atoms with van der Waals surface area (Å²) >= 11 is 0. The van der Waals surface area contributed by atoms with Gasteiger partial charge in [0.25, 0.3) is 6.43 Å². The number of carbonyl (C=O) groups excluding carboxylic acids is 2. The Morgan fingerprint density at radius 2 is 1.64 bits per heavy atom. The summed E-state index contributed by atoms with van der Waals surface area (Å²) in [7, 11) is 0. The zero-order chi connectivity index (χ0) is 11.5. The number of esters is 1. The Kier molecular flexibility index (Phi) is 4.16. The van der Waals surface area contributed by atoms with Crippen molar-refractivity contribution < 1.29 is 23.1 Å². The van der Waals surface area contributed by atoms with E-state index in [-0.39, 0.29) is 0 Å². The highest BCUT2D eigenvalue weighted by molar-refractivity contribution is 5.98. The van der Waals surface area contributed by atoms with Gasteiger partial charge in [0.15, 0.2) is 5.92 Å². The van der Waals surface area contributed by atoms with Crippen LogP contribution in [0, 0.1) is 5.92 Å². The van der Waals surface area contributed by atoms with Crippen LogP contribution in [-0.4, -0.2) is 23.8 Å². The highest BCUT2D eigenvalue weighted by Crippen LogP contribution is 2.17. The fraction of sp³-hybridized carbons (Fsp3) is 0.778. The van der Waals surface area contributed by atoms with Gasteiger partial charge in [-0.15, -0.1) is 0 Å². The van der Waals surface area contributed by atoms with Crippen LogP contribution in [-0.2, 0) is 14.3 Å². The smallest absolute Gasteiger partial charge is 0.322 e. The Morgan fingerprint density at radius 3 is 1.86 bits per heavy atom. The topological polar surface area (TPSA) is 43.4 Å². The summed E-state index contributed by atoms with van der Waals surface area (Å²) < 4.78 is 29.2. The summed E-state index contributed by atoms with van der Waals surface area (Å²) in [5, 5.41) is 0. The molecule has 0 aliphatic heterocycles. The molecule has 1 unspecified atom stereocenters. The Hall–Kier alpha value is -1.00.